The van der Waals surface area contributed by atoms with Gasteiger partial charge in [0.25, 0.3) is 0 Å². The molecule has 1 amide bonds. The maximum absolute atomic E-state index is 12.4. The molecule has 0 bridgehead atoms. The number of nitrogens with zero attached hydrogens (tertiary/aromatic N) is 2. The van der Waals surface area contributed by atoms with Crippen molar-refractivity contribution in [1.29, 1.82) is 0 Å². The Kier molecular flexibility index (Phi) is 7.48. The molecule has 2 aromatic carbocycles. The van der Waals surface area contributed by atoms with Crippen molar-refractivity contribution in [2.24, 2.45) is 4.99 Å². The van der Waals surface area contributed by atoms with Crippen molar-refractivity contribution in [3.63, 3.8) is 0 Å². The van der Waals surface area contributed by atoms with E-state index >= 15 is 0 Å². The largest absolute Gasteiger partial charge is 0.490 e. The van der Waals surface area contributed by atoms with Gasteiger partial charge in [0, 0.05) is 44.2 Å². The van der Waals surface area contributed by atoms with Crippen LogP contribution >= 0.6 is 0 Å². The van der Waals surface area contributed by atoms with Crippen LogP contribution in [0, 0.1) is 6.92 Å². The number of guanidine groups is 1. The highest BCUT2D eigenvalue weighted by Crippen LogP contribution is 2.32. The number of ether oxygens (including phenoxy) is 2. The van der Waals surface area contributed by atoms with Crippen molar-refractivity contribution < 1.29 is 14.3 Å². The zero-order valence-electron chi connectivity index (χ0n) is 18.7. The normalized spacial score (nSPS) is 15.9. The first-order valence-electron chi connectivity index (χ1n) is 11.5. The molecular weight excluding hydrogens is 404 g/mol. The lowest BCUT2D eigenvalue weighted by atomic mass is 10.1. The molecule has 0 saturated carbocycles. The van der Waals surface area contributed by atoms with Gasteiger partial charge in [0.1, 0.15) is 0 Å². The smallest absolute Gasteiger partial charge is 0.224 e. The predicted molar refractivity (Wildman–Crippen MR) is 126 cm³/mol. The minimum atomic E-state index is 0.198. The van der Waals surface area contributed by atoms with Gasteiger partial charge in [-0.3, -0.25) is 4.79 Å². The molecule has 1 fully saturated rings. The number of fused-ring (bicyclic) bond motifs is 1. The number of carbonyl (C=O) groups excluding carboxylic acids is 1. The van der Waals surface area contributed by atoms with Crippen LogP contribution in [0.1, 0.15) is 36.8 Å². The second kappa shape index (κ2) is 10.9. The summed E-state index contributed by atoms with van der Waals surface area (Å²) >= 11 is 0. The van der Waals surface area contributed by atoms with Gasteiger partial charge < -0.3 is 25.0 Å². The van der Waals surface area contributed by atoms with Crippen molar-refractivity contribution in [2.75, 3.05) is 38.2 Å². The van der Waals surface area contributed by atoms with Crippen LogP contribution in [0.15, 0.2) is 47.5 Å². The van der Waals surface area contributed by atoms with E-state index in [1.807, 2.05) is 35.2 Å². The van der Waals surface area contributed by atoms with E-state index in [0.717, 1.165) is 49.5 Å². The molecule has 0 aromatic heterocycles. The van der Waals surface area contributed by atoms with Crippen LogP contribution in [0.5, 0.6) is 11.5 Å². The summed E-state index contributed by atoms with van der Waals surface area (Å²) in [5, 5.41) is 6.69. The van der Waals surface area contributed by atoms with Crippen LogP contribution < -0.4 is 20.1 Å². The van der Waals surface area contributed by atoms with E-state index in [0.29, 0.717) is 38.7 Å². The minimum absolute atomic E-state index is 0.198. The Morgan fingerprint density at radius 2 is 1.81 bits per heavy atom. The fourth-order valence-electron chi connectivity index (χ4n) is 3.88. The molecule has 7 nitrogen and oxygen atoms in total. The summed E-state index contributed by atoms with van der Waals surface area (Å²) < 4.78 is 11.5. The highest BCUT2D eigenvalue weighted by Gasteiger charge is 2.17. The van der Waals surface area contributed by atoms with Gasteiger partial charge in [-0.25, -0.2) is 4.99 Å². The number of rotatable bonds is 6. The third kappa shape index (κ3) is 5.93. The SMILES string of the molecule is Cc1ccccc1CN=C(NCCC(=O)N1CCCC1)Nc1ccc2c(c1)OCCCO2. The average Bonchev–Trinajstić information content (AvgIpc) is 3.24. The van der Waals surface area contributed by atoms with Gasteiger partial charge in [-0.05, 0) is 43.0 Å². The van der Waals surface area contributed by atoms with Crippen molar-refractivity contribution in [1.82, 2.24) is 10.2 Å². The van der Waals surface area contributed by atoms with Crippen molar-refractivity contribution in [3.8, 4) is 11.5 Å². The molecule has 0 spiro atoms. The summed E-state index contributed by atoms with van der Waals surface area (Å²) in [5.74, 6) is 2.33. The molecule has 1 saturated heterocycles. The summed E-state index contributed by atoms with van der Waals surface area (Å²) in [6.45, 7) is 6.22. The zero-order chi connectivity index (χ0) is 22.2. The molecule has 0 aliphatic carbocycles. The number of carbonyl (C=O) groups is 1. The molecule has 32 heavy (non-hydrogen) atoms. The Hall–Kier alpha value is -3.22. The molecule has 4 rings (SSSR count). The van der Waals surface area contributed by atoms with Crippen molar-refractivity contribution in [2.45, 2.75) is 39.2 Å². The summed E-state index contributed by atoms with van der Waals surface area (Å²) in [6.07, 6.45) is 3.53. The highest BCUT2D eigenvalue weighted by molar-refractivity contribution is 5.94. The first kappa shape index (κ1) is 22.0. The summed E-state index contributed by atoms with van der Waals surface area (Å²) in [4.78, 5) is 19.1. The highest BCUT2D eigenvalue weighted by atomic mass is 16.5. The molecular formula is C25H32N4O3. The Balaban J connectivity index is 1.44. The lowest BCUT2D eigenvalue weighted by molar-refractivity contribution is -0.129. The van der Waals surface area contributed by atoms with Gasteiger partial charge in [0.2, 0.25) is 5.91 Å². The van der Waals surface area contributed by atoms with Gasteiger partial charge in [-0.1, -0.05) is 24.3 Å². The van der Waals surface area contributed by atoms with Gasteiger partial charge in [-0.15, -0.1) is 0 Å². The number of hydrogen-bond acceptors (Lipinski definition) is 4. The van der Waals surface area contributed by atoms with Gasteiger partial charge >= 0.3 is 0 Å². The fraction of sp³-hybridized carbons (Fsp3) is 0.440. The number of nitrogens with one attached hydrogen (secondary N) is 2. The topological polar surface area (TPSA) is 75.2 Å². The van der Waals surface area contributed by atoms with E-state index in [-0.39, 0.29) is 5.91 Å². The monoisotopic (exact) mass is 436 g/mol. The molecule has 0 radical (unpaired) electrons. The first-order valence-corrected chi connectivity index (χ1v) is 11.5. The average molecular weight is 437 g/mol. The van der Waals surface area contributed by atoms with Crippen molar-refractivity contribution in [3.05, 3.63) is 53.6 Å². The number of hydrogen-bond donors (Lipinski definition) is 2. The Bertz CT molecular complexity index is 954. The molecule has 2 aliphatic heterocycles. The van der Waals surface area contributed by atoms with Crippen LogP contribution in [0.3, 0.4) is 0 Å². The van der Waals surface area contributed by atoms with Crippen LogP contribution in [-0.4, -0.2) is 49.6 Å². The number of anilines is 1. The van der Waals surface area contributed by atoms with E-state index in [1.54, 1.807) is 0 Å². The molecule has 0 atom stereocenters. The second-order valence-corrected chi connectivity index (χ2v) is 8.19. The van der Waals surface area contributed by atoms with Gasteiger partial charge in [-0.2, -0.15) is 0 Å². The quantitative estimate of drug-likeness (QED) is 0.533. The number of aryl methyl sites for hydroxylation is 1. The number of aliphatic imine (C=N–C) groups is 1. The molecule has 170 valence electrons. The molecule has 2 aliphatic rings. The first-order chi connectivity index (χ1) is 15.7. The third-order valence-electron chi connectivity index (χ3n) is 5.77. The Morgan fingerprint density at radius 1 is 1.03 bits per heavy atom. The Labute approximate surface area is 189 Å². The van der Waals surface area contributed by atoms with Crippen LogP contribution in [-0.2, 0) is 11.3 Å². The van der Waals surface area contributed by atoms with E-state index in [9.17, 15) is 4.79 Å². The molecule has 2 aromatic rings. The number of amides is 1. The number of likely N-dealkylation sites (tertiary alicyclic amines) is 1. The fourth-order valence-corrected chi connectivity index (χ4v) is 3.88. The van der Waals surface area contributed by atoms with Crippen LogP contribution in [0.25, 0.3) is 0 Å². The Morgan fingerprint density at radius 3 is 2.62 bits per heavy atom. The molecule has 2 heterocycles. The minimum Gasteiger partial charge on any atom is -0.490 e. The zero-order valence-corrected chi connectivity index (χ0v) is 18.7. The van der Waals surface area contributed by atoms with Crippen LogP contribution in [0.2, 0.25) is 0 Å². The summed E-state index contributed by atoms with van der Waals surface area (Å²) in [6, 6.07) is 14.0. The third-order valence-corrected chi connectivity index (χ3v) is 5.77. The maximum Gasteiger partial charge on any atom is 0.224 e. The van der Waals surface area contributed by atoms with E-state index < -0.39 is 0 Å². The second-order valence-electron chi connectivity index (χ2n) is 8.19. The van der Waals surface area contributed by atoms with Gasteiger partial charge in [0.15, 0.2) is 17.5 Å². The van der Waals surface area contributed by atoms with Gasteiger partial charge in [0.05, 0.1) is 19.8 Å². The van der Waals surface area contributed by atoms with Crippen molar-refractivity contribution >= 4 is 17.6 Å². The van der Waals surface area contributed by atoms with E-state index in [1.165, 1.54) is 11.1 Å². The lowest BCUT2D eigenvalue weighted by Gasteiger charge is -2.17. The lowest BCUT2D eigenvalue weighted by Crippen LogP contribution is -2.35. The molecule has 2 N–H and O–H groups in total. The predicted octanol–water partition coefficient (Wildman–Crippen LogP) is 3.73. The number of benzene rings is 2. The summed E-state index contributed by atoms with van der Waals surface area (Å²) in [5.41, 5.74) is 3.23. The molecule has 7 heteroatoms. The standard InChI is InChI=1S/C25H32N4O3/c1-19-7-2-3-8-20(19)18-27-25(26-12-11-24(30)29-13-4-5-14-29)28-21-9-10-22-23(17-21)32-16-6-15-31-22/h2-3,7-10,17H,4-6,11-16,18H2,1H3,(H2,26,27,28). The van der Waals surface area contributed by atoms with Crippen LogP contribution in [0.4, 0.5) is 5.69 Å². The maximum atomic E-state index is 12.4. The van der Waals surface area contributed by atoms with E-state index in [4.69, 9.17) is 14.5 Å². The summed E-state index contributed by atoms with van der Waals surface area (Å²) in [7, 11) is 0. The van der Waals surface area contributed by atoms with E-state index in [2.05, 4.69) is 29.7 Å². The molecule has 0 unspecified atom stereocenters.